The molecule has 0 saturated carbocycles. The Morgan fingerprint density at radius 2 is 1.75 bits per heavy atom. The summed E-state index contributed by atoms with van der Waals surface area (Å²) in [4.78, 5) is 13.6. The Kier molecular flexibility index (Phi) is 3.85. The average molecular weight is 340 g/mol. The van der Waals surface area contributed by atoms with Crippen molar-refractivity contribution < 1.29 is 0 Å². The number of hydrogen-bond donors (Lipinski definition) is 0. The van der Waals surface area contributed by atoms with Crippen LogP contribution in [-0.4, -0.2) is 55.9 Å². The molecule has 2 aromatic rings. The summed E-state index contributed by atoms with van der Waals surface area (Å²) in [5.74, 6) is 1.14. The maximum Gasteiger partial charge on any atom is 0.139 e. The van der Waals surface area contributed by atoms with E-state index in [0.29, 0.717) is 0 Å². The van der Waals surface area contributed by atoms with Crippen molar-refractivity contribution in [1.82, 2.24) is 9.80 Å². The molecule has 2 aliphatic heterocycles. The molecule has 5 heteroatoms. The number of amidine groups is 1. The van der Waals surface area contributed by atoms with E-state index < -0.39 is 0 Å². The molecule has 4 nitrogen and oxygen atoms in total. The minimum absolute atomic E-state index is 1.04. The first kappa shape index (κ1) is 15.7. The Labute approximate surface area is 148 Å². The van der Waals surface area contributed by atoms with E-state index in [-0.39, 0.29) is 0 Å². The summed E-state index contributed by atoms with van der Waals surface area (Å²) in [6.45, 7) is 8.59. The molecule has 0 spiro atoms. The lowest BCUT2D eigenvalue weighted by Gasteiger charge is -2.34. The van der Waals surface area contributed by atoms with E-state index in [1.165, 1.54) is 26.7 Å². The Morgan fingerprint density at radius 3 is 2.50 bits per heavy atom. The van der Waals surface area contributed by atoms with Crippen LogP contribution < -0.4 is 4.90 Å². The molecule has 0 amide bonds. The van der Waals surface area contributed by atoms with Crippen molar-refractivity contribution in [3.63, 3.8) is 0 Å². The summed E-state index contributed by atoms with van der Waals surface area (Å²) in [5.41, 5.74) is 4.81. The lowest BCUT2D eigenvalue weighted by molar-refractivity contribution is 0.216. The van der Waals surface area contributed by atoms with E-state index >= 15 is 0 Å². The molecule has 0 unspecified atom stereocenters. The molecular weight excluding hydrogens is 316 g/mol. The summed E-state index contributed by atoms with van der Waals surface area (Å²) >= 11 is 1.86. The molecule has 3 heterocycles. The highest BCUT2D eigenvalue weighted by Gasteiger charge is 2.27. The van der Waals surface area contributed by atoms with Gasteiger partial charge in [0.15, 0.2) is 0 Å². The molecule has 0 atom stereocenters. The average Bonchev–Trinajstić information content (AvgIpc) is 2.91. The van der Waals surface area contributed by atoms with Crippen molar-refractivity contribution in [2.45, 2.75) is 13.8 Å². The fourth-order valence-electron chi connectivity index (χ4n) is 3.45. The third kappa shape index (κ3) is 2.62. The monoisotopic (exact) mass is 340 g/mol. The first-order valence-corrected chi connectivity index (χ1v) is 9.32. The molecule has 0 aliphatic carbocycles. The van der Waals surface area contributed by atoms with E-state index in [1.807, 2.05) is 11.3 Å². The number of fused-ring (bicyclic) bond motifs is 2. The van der Waals surface area contributed by atoms with Crippen LogP contribution in [0.4, 0.5) is 16.4 Å². The molecule has 1 saturated heterocycles. The summed E-state index contributed by atoms with van der Waals surface area (Å²) in [6, 6.07) is 8.85. The lowest BCUT2D eigenvalue weighted by Crippen LogP contribution is -2.47. The van der Waals surface area contributed by atoms with Crippen molar-refractivity contribution in [2.24, 2.45) is 4.99 Å². The minimum Gasteiger partial charge on any atom is -0.353 e. The second-order valence-electron chi connectivity index (χ2n) is 6.85. The topological polar surface area (TPSA) is 22.1 Å². The number of piperazine rings is 1. The van der Waals surface area contributed by atoms with Crippen LogP contribution in [0.3, 0.4) is 0 Å². The number of likely N-dealkylation sites (N-methyl/N-ethyl adjacent to an activating group) is 1. The third-order valence-corrected chi connectivity index (χ3v) is 6.03. The van der Waals surface area contributed by atoms with Crippen LogP contribution >= 0.6 is 11.3 Å². The zero-order valence-corrected chi connectivity index (χ0v) is 15.7. The molecule has 0 N–H and O–H groups in total. The van der Waals surface area contributed by atoms with Crippen molar-refractivity contribution in [3.8, 4) is 0 Å². The second-order valence-corrected chi connectivity index (χ2v) is 8.09. The van der Waals surface area contributed by atoms with Gasteiger partial charge in [-0.3, -0.25) is 0 Å². The minimum atomic E-state index is 1.04. The highest BCUT2D eigenvalue weighted by Crippen LogP contribution is 2.43. The van der Waals surface area contributed by atoms with Crippen LogP contribution in [0.2, 0.25) is 0 Å². The number of rotatable bonds is 0. The predicted octanol–water partition coefficient (Wildman–Crippen LogP) is 3.77. The molecule has 0 bridgehead atoms. The smallest absolute Gasteiger partial charge is 0.139 e. The van der Waals surface area contributed by atoms with E-state index in [1.54, 1.807) is 0 Å². The predicted molar refractivity (Wildman–Crippen MR) is 104 cm³/mol. The second kappa shape index (κ2) is 5.90. The molecule has 1 aromatic heterocycles. The molecule has 0 radical (unpaired) electrons. The normalized spacial score (nSPS) is 18.1. The summed E-state index contributed by atoms with van der Waals surface area (Å²) in [6.07, 6.45) is 0. The van der Waals surface area contributed by atoms with Gasteiger partial charge in [-0.15, -0.1) is 11.3 Å². The quantitative estimate of drug-likeness (QED) is 0.729. The van der Waals surface area contributed by atoms with Gasteiger partial charge >= 0.3 is 0 Å². The van der Waals surface area contributed by atoms with Crippen LogP contribution in [0.5, 0.6) is 0 Å². The Bertz CT molecular complexity index is 800. The van der Waals surface area contributed by atoms with E-state index in [4.69, 9.17) is 4.99 Å². The zero-order valence-electron chi connectivity index (χ0n) is 14.8. The van der Waals surface area contributed by atoms with Gasteiger partial charge in [0.05, 0.1) is 16.9 Å². The Morgan fingerprint density at radius 1 is 1.00 bits per heavy atom. The number of aryl methyl sites for hydroxylation is 2. The van der Waals surface area contributed by atoms with E-state index in [0.717, 1.165) is 37.7 Å². The van der Waals surface area contributed by atoms with Gasteiger partial charge in [0.1, 0.15) is 10.8 Å². The number of benzene rings is 1. The number of nitrogens with zero attached hydrogens (tertiary/aromatic N) is 4. The Balaban J connectivity index is 1.86. The molecule has 126 valence electrons. The maximum atomic E-state index is 5.12. The van der Waals surface area contributed by atoms with E-state index in [2.05, 4.69) is 66.9 Å². The van der Waals surface area contributed by atoms with Gasteiger partial charge in [0.25, 0.3) is 0 Å². The highest BCUT2D eigenvalue weighted by molar-refractivity contribution is 7.16. The van der Waals surface area contributed by atoms with Crippen LogP contribution in [0.15, 0.2) is 29.3 Å². The van der Waals surface area contributed by atoms with Crippen molar-refractivity contribution in [3.05, 3.63) is 40.3 Å². The lowest BCUT2D eigenvalue weighted by atomic mass is 10.2. The number of thiophene rings is 1. The molecule has 2 aliphatic rings. The summed E-state index contributed by atoms with van der Waals surface area (Å²) < 4.78 is 0. The standard InChI is InChI=1S/C19H24N4S/c1-13-5-6-16-17(11-13)22(4)19-15(12-14(2)24-19)18(20-16)23-9-7-21(3)8-10-23/h5-6,11-12H,7-10H2,1-4H3. The molecule has 4 rings (SSSR count). The first-order valence-electron chi connectivity index (χ1n) is 8.50. The van der Waals surface area contributed by atoms with Gasteiger partial charge in [-0.25, -0.2) is 4.99 Å². The van der Waals surface area contributed by atoms with Crippen LogP contribution in [0.1, 0.15) is 16.0 Å². The number of hydrogen-bond acceptors (Lipinski definition) is 5. The zero-order chi connectivity index (χ0) is 16.8. The highest BCUT2D eigenvalue weighted by atomic mass is 32.1. The Hall–Kier alpha value is -1.85. The van der Waals surface area contributed by atoms with Crippen molar-refractivity contribution >= 4 is 33.5 Å². The van der Waals surface area contributed by atoms with Crippen LogP contribution in [0.25, 0.3) is 0 Å². The van der Waals surface area contributed by atoms with Crippen LogP contribution in [-0.2, 0) is 0 Å². The van der Waals surface area contributed by atoms with Crippen LogP contribution in [0, 0.1) is 13.8 Å². The van der Waals surface area contributed by atoms with Gasteiger partial charge in [-0.2, -0.15) is 0 Å². The fourth-order valence-corrected chi connectivity index (χ4v) is 4.43. The van der Waals surface area contributed by atoms with Gasteiger partial charge in [-0.05, 0) is 44.7 Å². The van der Waals surface area contributed by atoms with Crippen molar-refractivity contribution in [2.75, 3.05) is 45.2 Å². The molecule has 1 fully saturated rings. The van der Waals surface area contributed by atoms with Gasteiger partial charge in [0, 0.05) is 38.1 Å². The first-order chi connectivity index (χ1) is 11.5. The van der Waals surface area contributed by atoms with Gasteiger partial charge in [-0.1, -0.05) is 6.07 Å². The van der Waals surface area contributed by atoms with Gasteiger partial charge in [0.2, 0.25) is 0 Å². The molecule has 24 heavy (non-hydrogen) atoms. The number of aliphatic imine (C=N–C) groups is 1. The summed E-state index contributed by atoms with van der Waals surface area (Å²) in [7, 11) is 4.35. The SMILES string of the molecule is Cc1ccc2c(c1)N(C)c1sc(C)cc1C(N1CCN(C)CC1)=N2. The summed E-state index contributed by atoms with van der Waals surface area (Å²) in [5, 5.41) is 1.30. The van der Waals surface area contributed by atoms with E-state index in [9.17, 15) is 0 Å². The largest absolute Gasteiger partial charge is 0.353 e. The van der Waals surface area contributed by atoms with Crippen molar-refractivity contribution in [1.29, 1.82) is 0 Å². The maximum absolute atomic E-state index is 5.12. The van der Waals surface area contributed by atoms with Gasteiger partial charge < -0.3 is 14.7 Å². The molecule has 1 aromatic carbocycles. The fraction of sp³-hybridized carbons (Fsp3) is 0.421. The number of anilines is 2. The third-order valence-electron chi connectivity index (χ3n) is 4.90. The molecular formula is C19H24N4S.